The number of carbonyl (C=O) groups is 1. The van der Waals surface area contributed by atoms with Gasteiger partial charge in [-0.25, -0.2) is 0 Å². The molecule has 1 aromatic carbocycles. The fourth-order valence-electron chi connectivity index (χ4n) is 3.68. The molecule has 20 heavy (non-hydrogen) atoms. The molecule has 1 fully saturated rings. The van der Waals surface area contributed by atoms with Crippen molar-refractivity contribution in [3.05, 3.63) is 29.8 Å². The number of thiol groups is 1. The Morgan fingerprint density at radius 3 is 2.80 bits per heavy atom. The van der Waals surface area contributed by atoms with Crippen LogP contribution >= 0.6 is 12.6 Å². The summed E-state index contributed by atoms with van der Waals surface area (Å²) in [5.41, 5.74) is 6.69. The van der Waals surface area contributed by atoms with Crippen LogP contribution in [0.1, 0.15) is 63.4 Å². The van der Waals surface area contributed by atoms with Crippen molar-refractivity contribution in [2.24, 2.45) is 11.1 Å². The first-order chi connectivity index (χ1) is 9.62. The minimum Gasteiger partial charge on any atom is -0.369 e. The molecule has 1 saturated carbocycles. The predicted octanol–water partition coefficient (Wildman–Crippen LogP) is 4.29. The number of benzene rings is 1. The second kappa shape index (κ2) is 6.66. The lowest BCUT2D eigenvalue weighted by atomic mass is 9.61. The van der Waals surface area contributed by atoms with Crippen molar-refractivity contribution in [3.8, 4) is 0 Å². The highest BCUT2D eigenvalue weighted by molar-refractivity contribution is 7.80. The molecule has 0 saturated heterocycles. The topological polar surface area (TPSA) is 43.1 Å². The molecule has 0 spiro atoms. The van der Waals surface area contributed by atoms with Crippen LogP contribution in [0.2, 0.25) is 0 Å². The van der Waals surface area contributed by atoms with Crippen molar-refractivity contribution < 1.29 is 4.79 Å². The summed E-state index contributed by atoms with van der Waals surface area (Å²) in [6.07, 6.45) is 7.33. The van der Waals surface area contributed by atoms with E-state index in [1.54, 1.807) is 0 Å². The number of rotatable bonds is 5. The van der Waals surface area contributed by atoms with Gasteiger partial charge in [-0.15, -0.1) is 12.6 Å². The van der Waals surface area contributed by atoms with Crippen LogP contribution in [0, 0.1) is 5.41 Å². The van der Waals surface area contributed by atoms with Gasteiger partial charge in [-0.05, 0) is 36.8 Å². The fourth-order valence-corrected chi connectivity index (χ4v) is 4.00. The zero-order valence-electron chi connectivity index (χ0n) is 12.3. The first-order valence-corrected chi connectivity index (χ1v) is 8.14. The average molecular weight is 291 g/mol. The predicted molar refractivity (Wildman–Crippen MR) is 86.1 cm³/mol. The highest BCUT2D eigenvalue weighted by atomic mass is 32.1. The smallest absolute Gasteiger partial charge is 0.224 e. The number of hydrogen-bond acceptors (Lipinski definition) is 2. The van der Waals surface area contributed by atoms with Crippen LogP contribution in [0.4, 0.5) is 0 Å². The van der Waals surface area contributed by atoms with Gasteiger partial charge in [0.15, 0.2) is 0 Å². The number of hydrogen-bond donors (Lipinski definition) is 2. The largest absolute Gasteiger partial charge is 0.369 e. The van der Waals surface area contributed by atoms with Crippen LogP contribution in [-0.2, 0) is 4.79 Å². The Kier molecular flexibility index (Phi) is 5.14. The van der Waals surface area contributed by atoms with Crippen molar-refractivity contribution in [1.82, 2.24) is 0 Å². The van der Waals surface area contributed by atoms with Gasteiger partial charge in [0.05, 0.1) is 5.41 Å². The number of carbonyl (C=O) groups excluding carboxylic acids is 1. The van der Waals surface area contributed by atoms with Gasteiger partial charge in [-0.3, -0.25) is 4.79 Å². The highest BCUT2D eigenvalue weighted by Gasteiger charge is 2.46. The van der Waals surface area contributed by atoms with Gasteiger partial charge in [-0.1, -0.05) is 50.8 Å². The van der Waals surface area contributed by atoms with Crippen molar-refractivity contribution in [1.29, 1.82) is 0 Å². The minimum atomic E-state index is -0.368. The molecule has 2 nitrogen and oxygen atoms in total. The maximum Gasteiger partial charge on any atom is 0.224 e. The molecule has 1 aromatic rings. The Hall–Kier alpha value is -0.960. The van der Waals surface area contributed by atoms with E-state index in [1.807, 2.05) is 18.2 Å². The monoisotopic (exact) mass is 291 g/mol. The molecule has 2 unspecified atom stereocenters. The Labute approximate surface area is 127 Å². The van der Waals surface area contributed by atoms with Crippen LogP contribution in [0.5, 0.6) is 0 Å². The van der Waals surface area contributed by atoms with Gasteiger partial charge in [0, 0.05) is 4.90 Å². The summed E-state index contributed by atoms with van der Waals surface area (Å²) in [6, 6.07) is 8.16. The maximum absolute atomic E-state index is 12.3. The van der Waals surface area contributed by atoms with Crippen LogP contribution < -0.4 is 5.73 Å². The lowest BCUT2D eigenvalue weighted by Crippen LogP contribution is -2.44. The lowest BCUT2D eigenvalue weighted by molar-refractivity contribution is -0.131. The molecule has 110 valence electrons. The van der Waals surface area contributed by atoms with E-state index in [2.05, 4.69) is 25.6 Å². The molecule has 2 atom stereocenters. The second-order valence-electron chi connectivity index (χ2n) is 5.98. The summed E-state index contributed by atoms with van der Waals surface area (Å²) in [7, 11) is 0. The van der Waals surface area contributed by atoms with Crippen LogP contribution in [0.25, 0.3) is 0 Å². The van der Waals surface area contributed by atoms with Crippen LogP contribution in [0.15, 0.2) is 29.2 Å². The molecule has 2 N–H and O–H groups in total. The first kappa shape index (κ1) is 15.4. The van der Waals surface area contributed by atoms with E-state index in [9.17, 15) is 4.79 Å². The number of nitrogens with two attached hydrogens (primary N) is 1. The van der Waals surface area contributed by atoms with E-state index < -0.39 is 0 Å². The van der Waals surface area contributed by atoms with E-state index >= 15 is 0 Å². The molecular formula is C17H25NOS. The van der Waals surface area contributed by atoms with Gasteiger partial charge in [0.1, 0.15) is 0 Å². The molecule has 1 amide bonds. The lowest BCUT2D eigenvalue weighted by Gasteiger charge is -2.42. The summed E-state index contributed by atoms with van der Waals surface area (Å²) >= 11 is 4.59. The first-order valence-electron chi connectivity index (χ1n) is 7.69. The Bertz CT molecular complexity index is 474. The number of primary amides is 1. The summed E-state index contributed by atoms with van der Waals surface area (Å²) < 4.78 is 0. The molecule has 0 heterocycles. The van der Waals surface area contributed by atoms with Crippen molar-refractivity contribution in [3.63, 3.8) is 0 Å². The summed E-state index contributed by atoms with van der Waals surface area (Å²) in [5, 5.41) is 0. The molecule has 0 aromatic heterocycles. The average Bonchev–Trinajstić information content (AvgIpc) is 2.46. The molecule has 3 heteroatoms. The third-order valence-corrected chi connectivity index (χ3v) is 5.22. The van der Waals surface area contributed by atoms with Crippen molar-refractivity contribution >= 4 is 18.5 Å². The molecule has 1 aliphatic carbocycles. The van der Waals surface area contributed by atoms with E-state index in [-0.39, 0.29) is 17.2 Å². The van der Waals surface area contributed by atoms with Gasteiger partial charge in [0.25, 0.3) is 0 Å². The van der Waals surface area contributed by atoms with Gasteiger partial charge < -0.3 is 5.73 Å². The Morgan fingerprint density at radius 1 is 1.40 bits per heavy atom. The zero-order valence-corrected chi connectivity index (χ0v) is 13.2. The van der Waals surface area contributed by atoms with Gasteiger partial charge in [0.2, 0.25) is 5.91 Å². The zero-order chi connectivity index (χ0) is 14.6. The summed E-state index contributed by atoms with van der Waals surface area (Å²) in [5.74, 6) is 0.112. The van der Waals surface area contributed by atoms with E-state index in [0.717, 1.165) is 43.4 Å². The fraction of sp³-hybridized carbons (Fsp3) is 0.588. The third-order valence-electron chi connectivity index (χ3n) is 4.81. The van der Waals surface area contributed by atoms with E-state index in [0.29, 0.717) is 0 Å². The van der Waals surface area contributed by atoms with E-state index in [4.69, 9.17) is 5.73 Å². The number of amides is 1. The van der Waals surface area contributed by atoms with Crippen molar-refractivity contribution in [2.75, 3.05) is 0 Å². The normalized spacial score (nSPS) is 26.4. The van der Waals surface area contributed by atoms with Crippen molar-refractivity contribution in [2.45, 2.75) is 62.7 Å². The molecule has 2 rings (SSSR count). The van der Waals surface area contributed by atoms with Gasteiger partial charge in [-0.2, -0.15) is 0 Å². The van der Waals surface area contributed by atoms with Gasteiger partial charge >= 0.3 is 0 Å². The molecule has 0 bridgehead atoms. The molecular weight excluding hydrogens is 266 g/mol. The van der Waals surface area contributed by atoms with E-state index in [1.165, 1.54) is 12.0 Å². The maximum atomic E-state index is 12.3. The highest BCUT2D eigenvalue weighted by Crippen LogP contribution is 2.51. The molecule has 1 aliphatic rings. The Balaban J connectivity index is 2.40. The van der Waals surface area contributed by atoms with Crippen LogP contribution in [-0.4, -0.2) is 5.91 Å². The SMILES string of the molecule is CCCCC1(C(N)=O)CCCCC1c1ccccc1S. The standard InChI is InChI=1S/C17H25NOS/c1-2-3-11-17(16(18)19)12-7-6-9-14(17)13-8-4-5-10-15(13)20/h4-5,8,10,14,20H,2-3,6-7,9,11-12H2,1H3,(H2,18,19). The minimum absolute atomic E-state index is 0.118. The third kappa shape index (κ3) is 2.88. The quantitative estimate of drug-likeness (QED) is 0.781. The number of unbranched alkanes of at least 4 members (excludes halogenated alkanes) is 1. The summed E-state index contributed by atoms with van der Waals surface area (Å²) in [6.45, 7) is 2.17. The Morgan fingerprint density at radius 2 is 2.15 bits per heavy atom. The second-order valence-corrected chi connectivity index (χ2v) is 6.46. The van der Waals surface area contributed by atoms with Crippen LogP contribution in [0.3, 0.4) is 0 Å². The molecule has 0 radical (unpaired) electrons. The summed E-state index contributed by atoms with van der Waals surface area (Å²) in [4.78, 5) is 13.3. The molecule has 0 aliphatic heterocycles.